The molecular formula is C22H22FNO3. The van der Waals surface area contributed by atoms with Crippen LogP contribution in [0.15, 0.2) is 45.6 Å². The largest absolute Gasteiger partial charge is 0.477 e. The fraction of sp³-hybridized carbons (Fsp3) is 0.318. The lowest BCUT2D eigenvalue weighted by Crippen LogP contribution is -2.34. The highest BCUT2D eigenvalue weighted by molar-refractivity contribution is 5.86. The number of halogens is 1. The van der Waals surface area contributed by atoms with Crippen molar-refractivity contribution < 1.29 is 13.5 Å². The summed E-state index contributed by atoms with van der Waals surface area (Å²) in [5.41, 5.74) is 4.39. The molecule has 5 heteroatoms. The van der Waals surface area contributed by atoms with Gasteiger partial charge in [0.25, 0.3) is 0 Å². The Labute approximate surface area is 157 Å². The molecule has 0 radical (unpaired) electrons. The summed E-state index contributed by atoms with van der Waals surface area (Å²) in [6.07, 6.45) is 1.61. The maximum absolute atomic E-state index is 13.0. The van der Waals surface area contributed by atoms with Crippen molar-refractivity contribution in [2.45, 2.75) is 33.2 Å². The Morgan fingerprint density at radius 2 is 1.96 bits per heavy atom. The van der Waals surface area contributed by atoms with Crippen molar-refractivity contribution in [1.29, 1.82) is 0 Å². The monoisotopic (exact) mass is 367 g/mol. The molecule has 0 saturated carbocycles. The lowest BCUT2D eigenvalue weighted by molar-refractivity contribution is 0.0959. The average Bonchev–Trinajstić information content (AvgIpc) is 2.67. The first-order valence-electron chi connectivity index (χ1n) is 9.24. The second-order valence-electron chi connectivity index (χ2n) is 7.01. The van der Waals surface area contributed by atoms with Crippen molar-refractivity contribution in [3.8, 4) is 5.75 Å². The molecule has 0 fully saturated rings. The number of rotatable bonds is 4. The van der Waals surface area contributed by atoms with Gasteiger partial charge < -0.3 is 9.15 Å². The first-order valence-corrected chi connectivity index (χ1v) is 9.24. The van der Waals surface area contributed by atoms with Gasteiger partial charge in [-0.3, -0.25) is 4.90 Å². The summed E-state index contributed by atoms with van der Waals surface area (Å²) >= 11 is 0. The van der Waals surface area contributed by atoms with Crippen LogP contribution in [-0.4, -0.2) is 18.2 Å². The second kappa shape index (κ2) is 7.16. The molecule has 4 nitrogen and oxygen atoms in total. The predicted octanol–water partition coefficient (Wildman–Crippen LogP) is 4.20. The number of hydrogen-bond donors (Lipinski definition) is 0. The molecule has 1 aromatic heterocycles. The zero-order chi connectivity index (χ0) is 19.0. The molecule has 27 heavy (non-hydrogen) atoms. The molecule has 0 spiro atoms. The van der Waals surface area contributed by atoms with E-state index in [9.17, 15) is 9.18 Å². The molecule has 140 valence electrons. The fourth-order valence-electron chi connectivity index (χ4n) is 3.71. The molecule has 1 aliphatic rings. The summed E-state index contributed by atoms with van der Waals surface area (Å²) in [5.74, 6) is 0.603. The molecule has 1 aliphatic heterocycles. The second-order valence-corrected chi connectivity index (χ2v) is 7.01. The Morgan fingerprint density at radius 3 is 2.70 bits per heavy atom. The maximum Gasteiger partial charge on any atom is 0.336 e. The van der Waals surface area contributed by atoms with Crippen molar-refractivity contribution >= 4 is 11.0 Å². The van der Waals surface area contributed by atoms with E-state index in [0.29, 0.717) is 12.3 Å². The molecule has 0 atom stereocenters. The molecule has 0 N–H and O–H groups in total. The number of nitrogens with zero attached hydrogens (tertiary/aromatic N) is 1. The van der Waals surface area contributed by atoms with E-state index >= 15 is 0 Å². The van der Waals surface area contributed by atoms with E-state index < -0.39 is 0 Å². The van der Waals surface area contributed by atoms with Crippen molar-refractivity contribution in [2.24, 2.45) is 0 Å². The average molecular weight is 367 g/mol. The van der Waals surface area contributed by atoms with Gasteiger partial charge in [-0.15, -0.1) is 0 Å². The third-order valence-electron chi connectivity index (χ3n) is 5.17. The van der Waals surface area contributed by atoms with E-state index in [1.54, 1.807) is 6.07 Å². The van der Waals surface area contributed by atoms with Crippen LogP contribution in [0.3, 0.4) is 0 Å². The number of aryl methyl sites for hydroxylation is 2. The van der Waals surface area contributed by atoms with Crippen LogP contribution < -0.4 is 10.4 Å². The van der Waals surface area contributed by atoms with Crippen molar-refractivity contribution in [2.75, 3.05) is 13.3 Å². The molecule has 4 rings (SSSR count). The fourth-order valence-corrected chi connectivity index (χ4v) is 3.71. The van der Waals surface area contributed by atoms with Crippen LogP contribution in [0.25, 0.3) is 11.0 Å². The summed E-state index contributed by atoms with van der Waals surface area (Å²) in [6.45, 7) is 6.06. The van der Waals surface area contributed by atoms with Crippen LogP contribution in [0.2, 0.25) is 0 Å². The van der Waals surface area contributed by atoms with Gasteiger partial charge in [-0.25, -0.2) is 9.18 Å². The van der Waals surface area contributed by atoms with E-state index in [1.165, 1.54) is 12.1 Å². The van der Waals surface area contributed by atoms with Gasteiger partial charge in [0.05, 0.1) is 0 Å². The minimum absolute atomic E-state index is 0.213. The van der Waals surface area contributed by atoms with E-state index in [0.717, 1.165) is 59.3 Å². The van der Waals surface area contributed by atoms with E-state index in [1.807, 2.05) is 26.0 Å². The predicted molar refractivity (Wildman–Crippen MR) is 103 cm³/mol. The molecule has 0 saturated heterocycles. The smallest absolute Gasteiger partial charge is 0.336 e. The van der Waals surface area contributed by atoms with Crippen LogP contribution in [0, 0.1) is 12.7 Å². The summed E-state index contributed by atoms with van der Waals surface area (Å²) < 4.78 is 24.5. The summed E-state index contributed by atoms with van der Waals surface area (Å²) in [4.78, 5) is 14.1. The molecule has 2 heterocycles. The van der Waals surface area contributed by atoms with Crippen molar-refractivity contribution in [3.05, 3.63) is 74.9 Å². The number of fused-ring (bicyclic) bond motifs is 2. The van der Waals surface area contributed by atoms with Crippen LogP contribution in [-0.2, 0) is 19.4 Å². The minimum atomic E-state index is -0.320. The summed E-state index contributed by atoms with van der Waals surface area (Å²) in [6, 6.07) is 10.3. The van der Waals surface area contributed by atoms with Crippen LogP contribution in [0.5, 0.6) is 5.75 Å². The van der Waals surface area contributed by atoms with Gasteiger partial charge in [-0.2, -0.15) is 0 Å². The van der Waals surface area contributed by atoms with Gasteiger partial charge >= 0.3 is 5.63 Å². The Hall–Kier alpha value is -2.66. The number of ether oxygens (including phenoxy) is 1. The van der Waals surface area contributed by atoms with Gasteiger partial charge in [-0.05, 0) is 49.1 Å². The minimum Gasteiger partial charge on any atom is -0.477 e. The Bertz CT molecular complexity index is 1040. The highest BCUT2D eigenvalue weighted by Crippen LogP contribution is 2.35. The highest BCUT2D eigenvalue weighted by atomic mass is 19.1. The molecule has 2 aromatic carbocycles. The van der Waals surface area contributed by atoms with Crippen molar-refractivity contribution in [3.63, 3.8) is 0 Å². The molecule has 0 bridgehead atoms. The Kier molecular flexibility index (Phi) is 4.70. The lowest BCUT2D eigenvalue weighted by Gasteiger charge is -2.30. The molecule has 3 aromatic rings. The standard InChI is InChI=1S/C22H22FNO3/c1-3-16-11-20(25)27-22-14(2)21-17(10-19(16)22)12-24(13-26-21)9-8-15-4-6-18(23)7-5-15/h4-7,10-11H,3,8-9,12-13H2,1-2H3. The van der Waals surface area contributed by atoms with Crippen LogP contribution >= 0.6 is 0 Å². The van der Waals surface area contributed by atoms with Gasteiger partial charge in [0.2, 0.25) is 0 Å². The zero-order valence-electron chi connectivity index (χ0n) is 15.5. The maximum atomic E-state index is 13.0. The van der Waals surface area contributed by atoms with Gasteiger partial charge in [0, 0.05) is 35.7 Å². The Balaban J connectivity index is 1.60. The quantitative estimate of drug-likeness (QED) is 0.648. The summed E-state index contributed by atoms with van der Waals surface area (Å²) in [5, 5.41) is 0.984. The van der Waals surface area contributed by atoms with E-state index in [-0.39, 0.29) is 11.4 Å². The number of benzene rings is 2. The first kappa shape index (κ1) is 17.7. The van der Waals surface area contributed by atoms with Gasteiger partial charge in [0.1, 0.15) is 23.9 Å². The molecule has 0 unspecified atom stereocenters. The van der Waals surface area contributed by atoms with Crippen molar-refractivity contribution in [1.82, 2.24) is 4.90 Å². The van der Waals surface area contributed by atoms with Crippen LogP contribution in [0.4, 0.5) is 4.39 Å². The third-order valence-corrected chi connectivity index (χ3v) is 5.17. The topological polar surface area (TPSA) is 42.7 Å². The number of hydrogen-bond acceptors (Lipinski definition) is 4. The van der Waals surface area contributed by atoms with E-state index in [4.69, 9.17) is 9.15 Å². The van der Waals surface area contributed by atoms with Gasteiger partial charge in [-0.1, -0.05) is 19.1 Å². The molecule has 0 amide bonds. The Morgan fingerprint density at radius 1 is 1.19 bits per heavy atom. The van der Waals surface area contributed by atoms with Gasteiger partial charge in [0.15, 0.2) is 0 Å². The lowest BCUT2D eigenvalue weighted by atomic mass is 9.99. The SMILES string of the molecule is CCc1cc(=O)oc2c(C)c3c(cc12)CN(CCc1ccc(F)cc1)CO3. The molecular weight excluding hydrogens is 345 g/mol. The molecule has 0 aliphatic carbocycles. The normalized spacial score (nSPS) is 14.2. The highest BCUT2D eigenvalue weighted by Gasteiger charge is 2.22. The third kappa shape index (κ3) is 3.47. The first-order chi connectivity index (χ1) is 13.0. The summed E-state index contributed by atoms with van der Waals surface area (Å²) in [7, 11) is 0. The van der Waals surface area contributed by atoms with Crippen LogP contribution in [0.1, 0.15) is 29.2 Å². The van der Waals surface area contributed by atoms with E-state index in [2.05, 4.69) is 11.0 Å². The zero-order valence-corrected chi connectivity index (χ0v) is 15.5.